The number of thioether (sulfide) groups is 1. The highest BCUT2D eigenvalue weighted by atomic mass is 32.2. The van der Waals surface area contributed by atoms with E-state index in [4.69, 9.17) is 14.2 Å². The van der Waals surface area contributed by atoms with Crippen LogP contribution < -0.4 is 9.47 Å². The number of nitrogens with zero attached hydrogens (tertiary/aromatic N) is 2. The molecule has 0 N–H and O–H groups in total. The fourth-order valence-electron chi connectivity index (χ4n) is 3.04. The highest BCUT2D eigenvalue weighted by Crippen LogP contribution is 2.33. The Morgan fingerprint density at radius 2 is 2.04 bits per heavy atom. The number of amidine groups is 1. The Hall–Kier alpha value is -1.99. The molecule has 1 amide bonds. The predicted molar refractivity (Wildman–Crippen MR) is 113 cm³/mol. The smallest absolute Gasteiger partial charge is 0.286 e. The van der Waals surface area contributed by atoms with Crippen LogP contribution in [0, 0.1) is 0 Å². The van der Waals surface area contributed by atoms with Crippen molar-refractivity contribution in [3.63, 3.8) is 0 Å². The van der Waals surface area contributed by atoms with E-state index >= 15 is 0 Å². The second-order valence-electron chi connectivity index (χ2n) is 6.73. The van der Waals surface area contributed by atoms with Crippen LogP contribution in [0.15, 0.2) is 28.1 Å². The van der Waals surface area contributed by atoms with Crippen LogP contribution in [0.1, 0.15) is 38.2 Å². The number of benzene rings is 1. The molecule has 28 heavy (non-hydrogen) atoms. The topological polar surface area (TPSA) is 60.4 Å². The molecular weight excluding hydrogens is 376 g/mol. The van der Waals surface area contributed by atoms with Crippen LogP contribution in [0.5, 0.6) is 11.5 Å². The molecule has 0 atom stereocenters. The van der Waals surface area contributed by atoms with Crippen molar-refractivity contribution in [2.24, 2.45) is 4.99 Å². The summed E-state index contributed by atoms with van der Waals surface area (Å²) in [6, 6.07) is 5.74. The number of aliphatic imine (C=N–C) groups is 1. The van der Waals surface area contributed by atoms with E-state index in [0.717, 1.165) is 36.0 Å². The molecule has 1 fully saturated rings. The lowest BCUT2D eigenvalue weighted by Crippen LogP contribution is -2.38. The fraction of sp³-hybridized carbons (Fsp3) is 0.524. The first-order valence-electron chi connectivity index (χ1n) is 9.87. The molecule has 7 heteroatoms. The van der Waals surface area contributed by atoms with Crippen LogP contribution in [0.25, 0.3) is 6.08 Å². The Morgan fingerprint density at radius 3 is 2.79 bits per heavy atom. The maximum absolute atomic E-state index is 12.3. The number of morpholine rings is 1. The monoisotopic (exact) mass is 404 g/mol. The van der Waals surface area contributed by atoms with Crippen molar-refractivity contribution in [1.82, 2.24) is 4.90 Å². The van der Waals surface area contributed by atoms with E-state index in [1.165, 1.54) is 31.0 Å². The highest BCUT2D eigenvalue weighted by molar-refractivity contribution is 8.18. The van der Waals surface area contributed by atoms with Gasteiger partial charge >= 0.3 is 0 Å². The SMILES string of the molecule is CCCCCCOc1ccc(/C=C2\SC(N3CCOCC3)=NC2=O)cc1OC. The molecule has 3 rings (SSSR count). The third-order valence-electron chi connectivity index (χ3n) is 4.63. The zero-order chi connectivity index (χ0) is 19.8. The first-order valence-corrected chi connectivity index (χ1v) is 10.7. The molecule has 6 nitrogen and oxygen atoms in total. The largest absolute Gasteiger partial charge is 0.493 e. The third-order valence-corrected chi connectivity index (χ3v) is 5.68. The van der Waals surface area contributed by atoms with Crippen molar-refractivity contribution in [3.8, 4) is 11.5 Å². The van der Waals surface area contributed by atoms with Crippen LogP contribution in [0.4, 0.5) is 0 Å². The molecule has 2 aliphatic heterocycles. The van der Waals surface area contributed by atoms with Gasteiger partial charge in [-0.1, -0.05) is 32.3 Å². The second kappa shape index (κ2) is 10.5. The molecule has 0 unspecified atom stereocenters. The van der Waals surface area contributed by atoms with Crippen molar-refractivity contribution in [2.75, 3.05) is 40.0 Å². The molecule has 2 aliphatic rings. The van der Waals surface area contributed by atoms with Crippen molar-refractivity contribution < 1.29 is 19.0 Å². The van der Waals surface area contributed by atoms with Gasteiger partial charge in [0.15, 0.2) is 16.7 Å². The summed E-state index contributed by atoms with van der Waals surface area (Å²) in [6.07, 6.45) is 6.51. The molecule has 1 aromatic carbocycles. The summed E-state index contributed by atoms with van der Waals surface area (Å²) >= 11 is 1.42. The Balaban J connectivity index is 1.63. The standard InChI is InChI=1S/C21H28N2O4S/c1-3-4-5-6-11-27-17-8-7-16(14-18(17)25-2)15-19-20(24)22-21(28-19)23-9-12-26-13-10-23/h7-8,14-15H,3-6,9-13H2,1-2H3/b19-15-. The van der Waals surface area contributed by atoms with Gasteiger partial charge in [-0.3, -0.25) is 4.79 Å². The van der Waals surface area contributed by atoms with Crippen LogP contribution in [-0.2, 0) is 9.53 Å². The number of carbonyl (C=O) groups excluding carboxylic acids is 1. The number of rotatable bonds is 8. The van der Waals surface area contributed by atoms with Crippen molar-refractivity contribution in [1.29, 1.82) is 0 Å². The molecule has 0 bridgehead atoms. The molecule has 1 saturated heterocycles. The van der Waals surface area contributed by atoms with Gasteiger partial charge in [-0.2, -0.15) is 4.99 Å². The highest BCUT2D eigenvalue weighted by Gasteiger charge is 2.27. The van der Waals surface area contributed by atoms with Crippen LogP contribution >= 0.6 is 11.8 Å². The van der Waals surface area contributed by atoms with Crippen LogP contribution in [0.2, 0.25) is 0 Å². The number of carbonyl (C=O) groups is 1. The van der Waals surface area contributed by atoms with E-state index in [1.807, 2.05) is 24.3 Å². The van der Waals surface area contributed by atoms with Crippen molar-refractivity contribution >= 4 is 28.9 Å². The average Bonchev–Trinajstić information content (AvgIpc) is 3.09. The van der Waals surface area contributed by atoms with E-state index in [0.29, 0.717) is 30.5 Å². The average molecular weight is 405 g/mol. The second-order valence-corrected chi connectivity index (χ2v) is 7.74. The van der Waals surface area contributed by atoms with E-state index in [-0.39, 0.29) is 5.91 Å². The Kier molecular flexibility index (Phi) is 7.80. The van der Waals surface area contributed by atoms with Gasteiger partial charge in [0.05, 0.1) is 31.8 Å². The number of unbranched alkanes of at least 4 members (excludes halogenated alkanes) is 3. The number of amides is 1. The Morgan fingerprint density at radius 1 is 1.21 bits per heavy atom. The minimum atomic E-state index is -0.193. The number of ether oxygens (including phenoxy) is 3. The Labute approximate surface area is 170 Å². The zero-order valence-electron chi connectivity index (χ0n) is 16.6. The number of methoxy groups -OCH3 is 1. The first-order chi connectivity index (χ1) is 13.7. The fourth-order valence-corrected chi connectivity index (χ4v) is 4.01. The summed E-state index contributed by atoms with van der Waals surface area (Å²) in [4.78, 5) is 19.2. The van der Waals surface area contributed by atoms with E-state index in [9.17, 15) is 4.79 Å². The molecule has 2 heterocycles. The molecule has 0 aromatic heterocycles. The van der Waals surface area contributed by atoms with Crippen LogP contribution in [-0.4, -0.2) is 56.0 Å². The van der Waals surface area contributed by atoms with Gasteiger partial charge in [-0.15, -0.1) is 0 Å². The van der Waals surface area contributed by atoms with Gasteiger partial charge in [0.25, 0.3) is 5.91 Å². The van der Waals surface area contributed by atoms with Gasteiger partial charge < -0.3 is 19.1 Å². The van der Waals surface area contributed by atoms with E-state index in [1.54, 1.807) is 7.11 Å². The van der Waals surface area contributed by atoms with E-state index < -0.39 is 0 Å². The van der Waals surface area contributed by atoms with Gasteiger partial charge in [-0.05, 0) is 42.0 Å². The summed E-state index contributed by atoms with van der Waals surface area (Å²) in [7, 11) is 1.63. The van der Waals surface area contributed by atoms with Crippen molar-refractivity contribution in [3.05, 3.63) is 28.7 Å². The summed E-state index contributed by atoms with van der Waals surface area (Å²) < 4.78 is 16.7. The number of hydrogen-bond donors (Lipinski definition) is 0. The normalized spacial score (nSPS) is 18.5. The molecular formula is C21H28N2O4S. The van der Waals surface area contributed by atoms with Crippen LogP contribution in [0.3, 0.4) is 0 Å². The molecule has 1 aromatic rings. The van der Waals surface area contributed by atoms with Crippen molar-refractivity contribution in [2.45, 2.75) is 32.6 Å². The minimum absolute atomic E-state index is 0.193. The maximum Gasteiger partial charge on any atom is 0.286 e. The molecule has 0 aliphatic carbocycles. The summed E-state index contributed by atoms with van der Waals surface area (Å²) in [5.41, 5.74) is 0.893. The van der Waals surface area contributed by atoms with Gasteiger partial charge in [-0.25, -0.2) is 0 Å². The molecule has 0 spiro atoms. The first kappa shape index (κ1) is 20.7. The lowest BCUT2D eigenvalue weighted by Gasteiger charge is -2.27. The molecule has 0 radical (unpaired) electrons. The van der Waals surface area contributed by atoms with Gasteiger partial charge in [0, 0.05) is 13.1 Å². The predicted octanol–water partition coefficient (Wildman–Crippen LogP) is 3.96. The van der Waals surface area contributed by atoms with Gasteiger partial charge in [0.1, 0.15) is 0 Å². The third kappa shape index (κ3) is 5.52. The minimum Gasteiger partial charge on any atom is -0.493 e. The lowest BCUT2D eigenvalue weighted by atomic mass is 10.2. The lowest BCUT2D eigenvalue weighted by molar-refractivity contribution is -0.113. The summed E-state index contributed by atoms with van der Waals surface area (Å²) in [5, 5.41) is 0.763. The summed E-state index contributed by atoms with van der Waals surface area (Å²) in [6.45, 7) is 5.75. The zero-order valence-corrected chi connectivity index (χ0v) is 17.4. The van der Waals surface area contributed by atoms with E-state index in [2.05, 4.69) is 16.8 Å². The maximum atomic E-state index is 12.3. The van der Waals surface area contributed by atoms with Gasteiger partial charge in [0.2, 0.25) is 0 Å². The summed E-state index contributed by atoms with van der Waals surface area (Å²) in [5.74, 6) is 1.22. The Bertz CT molecular complexity index is 742. The molecule has 0 saturated carbocycles. The quantitative estimate of drug-likeness (QED) is 0.483. The molecule has 152 valence electrons. The number of hydrogen-bond acceptors (Lipinski definition) is 6.